The van der Waals surface area contributed by atoms with E-state index in [1.807, 2.05) is 0 Å². The van der Waals surface area contributed by atoms with E-state index in [0.29, 0.717) is 5.69 Å². The Bertz CT molecular complexity index is 613. The summed E-state index contributed by atoms with van der Waals surface area (Å²) in [7, 11) is 0. The molecule has 0 saturated carbocycles. The molecule has 0 aliphatic carbocycles. The third-order valence-corrected chi connectivity index (χ3v) is 3.55. The fraction of sp³-hybridized carbons (Fsp3) is 0.0714. The zero-order valence-corrected chi connectivity index (χ0v) is 12.5. The molecule has 0 bridgehead atoms. The number of nitrogens with one attached hydrogen (secondary N) is 1. The van der Waals surface area contributed by atoms with Gasteiger partial charge in [-0.15, -0.1) is 0 Å². The Labute approximate surface area is 128 Å². The van der Waals surface area contributed by atoms with Crippen molar-refractivity contribution in [3.63, 3.8) is 0 Å². The zero-order chi connectivity index (χ0) is 14.7. The first-order valence-electron chi connectivity index (χ1n) is 5.68. The van der Waals surface area contributed by atoms with Gasteiger partial charge < -0.3 is 10.4 Å². The second-order valence-corrected chi connectivity index (χ2v) is 5.38. The molecule has 1 atom stereocenters. The molecule has 3 nitrogen and oxygen atoms in total. The molecule has 1 unspecified atom stereocenters. The lowest BCUT2D eigenvalue weighted by Gasteiger charge is -2.18. The molecule has 0 heterocycles. The predicted molar refractivity (Wildman–Crippen MR) is 79.6 cm³/mol. The van der Waals surface area contributed by atoms with Crippen LogP contribution in [0, 0.1) is 5.82 Å². The van der Waals surface area contributed by atoms with Gasteiger partial charge in [0.05, 0.1) is 0 Å². The minimum absolute atomic E-state index is 0.0713. The van der Waals surface area contributed by atoms with Crippen LogP contribution in [-0.4, -0.2) is 11.1 Å². The van der Waals surface area contributed by atoms with E-state index in [1.54, 1.807) is 24.3 Å². The molecular formula is C14H10BrClFNO2. The predicted octanol–water partition coefficient (Wildman–Crippen LogP) is 4.48. The van der Waals surface area contributed by atoms with Gasteiger partial charge in [-0.25, -0.2) is 9.18 Å². The highest BCUT2D eigenvalue weighted by Crippen LogP contribution is 2.29. The lowest BCUT2D eigenvalue weighted by molar-refractivity contribution is -0.138. The minimum atomic E-state index is -1.26. The summed E-state index contributed by atoms with van der Waals surface area (Å²) in [6.45, 7) is 0. The van der Waals surface area contributed by atoms with Crippen LogP contribution in [-0.2, 0) is 4.79 Å². The first kappa shape index (κ1) is 14.8. The van der Waals surface area contributed by atoms with E-state index in [-0.39, 0.29) is 10.6 Å². The van der Waals surface area contributed by atoms with Crippen molar-refractivity contribution in [2.45, 2.75) is 6.04 Å². The number of hydrogen-bond acceptors (Lipinski definition) is 2. The largest absolute Gasteiger partial charge is 0.479 e. The summed E-state index contributed by atoms with van der Waals surface area (Å²) in [6, 6.07) is 9.70. The molecule has 2 N–H and O–H groups in total. The highest BCUT2D eigenvalue weighted by Gasteiger charge is 2.25. The van der Waals surface area contributed by atoms with E-state index >= 15 is 0 Å². The second kappa shape index (κ2) is 6.24. The van der Waals surface area contributed by atoms with Gasteiger partial charge in [0.25, 0.3) is 0 Å². The average Bonchev–Trinajstić information content (AvgIpc) is 2.39. The Morgan fingerprint density at radius 3 is 2.45 bits per heavy atom. The number of anilines is 1. The van der Waals surface area contributed by atoms with Gasteiger partial charge in [0.15, 0.2) is 6.04 Å². The van der Waals surface area contributed by atoms with Crippen molar-refractivity contribution in [1.82, 2.24) is 0 Å². The van der Waals surface area contributed by atoms with Crippen LogP contribution in [0.5, 0.6) is 0 Å². The Balaban J connectivity index is 2.37. The van der Waals surface area contributed by atoms with Gasteiger partial charge >= 0.3 is 5.97 Å². The summed E-state index contributed by atoms with van der Waals surface area (Å²) in [5.41, 5.74) is 0.476. The second-order valence-electron chi connectivity index (χ2n) is 4.06. The summed E-state index contributed by atoms with van der Waals surface area (Å²) >= 11 is 9.19. The molecule has 6 heteroatoms. The lowest BCUT2D eigenvalue weighted by Crippen LogP contribution is -2.22. The molecule has 2 rings (SSSR count). The average molecular weight is 359 g/mol. The van der Waals surface area contributed by atoms with Gasteiger partial charge in [0, 0.05) is 20.7 Å². The van der Waals surface area contributed by atoms with Crippen LogP contribution in [0.1, 0.15) is 11.6 Å². The SMILES string of the molecule is O=C(O)C(Nc1ccc(Br)cc1)c1c(F)cccc1Cl. The normalized spacial score (nSPS) is 11.9. The van der Waals surface area contributed by atoms with Gasteiger partial charge in [-0.2, -0.15) is 0 Å². The maximum atomic E-state index is 13.8. The topological polar surface area (TPSA) is 49.3 Å². The van der Waals surface area contributed by atoms with Crippen LogP contribution in [0.4, 0.5) is 10.1 Å². The standard InChI is InChI=1S/C14H10BrClFNO2/c15-8-4-6-9(7-5-8)18-13(14(19)20)12-10(16)2-1-3-11(12)17/h1-7,13,18H,(H,19,20). The van der Waals surface area contributed by atoms with Gasteiger partial charge in [-0.3, -0.25) is 0 Å². The molecule has 0 radical (unpaired) electrons. The molecule has 104 valence electrons. The Morgan fingerprint density at radius 1 is 1.25 bits per heavy atom. The minimum Gasteiger partial charge on any atom is -0.479 e. The zero-order valence-electron chi connectivity index (χ0n) is 10.1. The molecule has 0 saturated heterocycles. The van der Waals surface area contributed by atoms with Crippen molar-refractivity contribution in [3.8, 4) is 0 Å². The van der Waals surface area contributed by atoms with Crippen LogP contribution in [0.2, 0.25) is 5.02 Å². The molecular weight excluding hydrogens is 349 g/mol. The van der Waals surface area contributed by atoms with Gasteiger partial charge in [0.1, 0.15) is 5.82 Å². The number of aliphatic carboxylic acids is 1. The molecule has 0 aliphatic rings. The fourth-order valence-corrected chi connectivity index (χ4v) is 2.29. The van der Waals surface area contributed by atoms with Gasteiger partial charge in [-0.1, -0.05) is 33.6 Å². The van der Waals surface area contributed by atoms with Crippen LogP contribution < -0.4 is 5.32 Å². The highest BCUT2D eigenvalue weighted by molar-refractivity contribution is 9.10. The Kier molecular flexibility index (Phi) is 4.62. The van der Waals surface area contributed by atoms with Crippen molar-refractivity contribution in [2.75, 3.05) is 5.32 Å². The number of benzene rings is 2. The van der Waals surface area contributed by atoms with Gasteiger partial charge in [0.2, 0.25) is 0 Å². The first-order chi connectivity index (χ1) is 9.49. The highest BCUT2D eigenvalue weighted by atomic mass is 79.9. The first-order valence-corrected chi connectivity index (χ1v) is 6.85. The summed E-state index contributed by atoms with van der Waals surface area (Å²) < 4.78 is 14.7. The maximum absolute atomic E-state index is 13.8. The monoisotopic (exact) mass is 357 g/mol. The van der Waals surface area contributed by atoms with E-state index in [4.69, 9.17) is 11.6 Å². The van der Waals surface area contributed by atoms with Crippen LogP contribution in [0.3, 0.4) is 0 Å². The van der Waals surface area contributed by atoms with Crippen LogP contribution >= 0.6 is 27.5 Å². The third kappa shape index (κ3) is 3.29. The molecule has 0 amide bonds. The molecule has 0 aliphatic heterocycles. The molecule has 0 fully saturated rings. The number of carboxylic acid groups (broad SMARTS) is 1. The van der Waals surface area contributed by atoms with E-state index in [0.717, 1.165) is 4.47 Å². The lowest BCUT2D eigenvalue weighted by atomic mass is 10.1. The van der Waals surface area contributed by atoms with E-state index in [9.17, 15) is 14.3 Å². The quantitative estimate of drug-likeness (QED) is 0.847. The van der Waals surface area contributed by atoms with Crippen molar-refractivity contribution in [3.05, 3.63) is 63.3 Å². The van der Waals surface area contributed by atoms with E-state index in [1.165, 1.54) is 18.2 Å². The van der Waals surface area contributed by atoms with E-state index in [2.05, 4.69) is 21.2 Å². The third-order valence-electron chi connectivity index (χ3n) is 2.69. The number of halogens is 3. The van der Waals surface area contributed by atoms with Crippen molar-refractivity contribution in [1.29, 1.82) is 0 Å². The molecule has 2 aromatic rings. The Morgan fingerprint density at radius 2 is 1.90 bits per heavy atom. The number of rotatable bonds is 4. The molecule has 0 aromatic heterocycles. The van der Waals surface area contributed by atoms with Crippen LogP contribution in [0.25, 0.3) is 0 Å². The number of hydrogen-bond donors (Lipinski definition) is 2. The Hall–Kier alpha value is -1.59. The number of carbonyl (C=O) groups is 1. The van der Waals surface area contributed by atoms with Gasteiger partial charge in [-0.05, 0) is 36.4 Å². The fourth-order valence-electron chi connectivity index (χ4n) is 1.76. The molecule has 2 aromatic carbocycles. The van der Waals surface area contributed by atoms with E-state index < -0.39 is 17.8 Å². The molecule has 20 heavy (non-hydrogen) atoms. The maximum Gasteiger partial charge on any atom is 0.330 e. The summed E-state index contributed by atoms with van der Waals surface area (Å²) in [5.74, 6) is -1.87. The summed E-state index contributed by atoms with van der Waals surface area (Å²) in [4.78, 5) is 11.4. The van der Waals surface area contributed by atoms with Crippen molar-refractivity contribution >= 4 is 39.2 Å². The summed E-state index contributed by atoms with van der Waals surface area (Å²) in [5, 5.41) is 12.1. The smallest absolute Gasteiger partial charge is 0.330 e. The van der Waals surface area contributed by atoms with Crippen molar-refractivity contribution < 1.29 is 14.3 Å². The molecule has 0 spiro atoms. The van der Waals surface area contributed by atoms with Crippen molar-refractivity contribution in [2.24, 2.45) is 0 Å². The van der Waals surface area contributed by atoms with Crippen LogP contribution in [0.15, 0.2) is 46.9 Å². The summed E-state index contributed by atoms with van der Waals surface area (Å²) in [6.07, 6.45) is 0. The number of carboxylic acids is 1.